The lowest BCUT2D eigenvalue weighted by molar-refractivity contribution is -0.137. The van der Waals surface area contributed by atoms with Crippen LogP contribution in [0.5, 0.6) is 5.88 Å². The third-order valence-electron chi connectivity index (χ3n) is 3.58. The summed E-state index contributed by atoms with van der Waals surface area (Å²) in [5.74, 6) is 0.708. The summed E-state index contributed by atoms with van der Waals surface area (Å²) >= 11 is 0. The van der Waals surface area contributed by atoms with Crippen molar-refractivity contribution in [1.29, 1.82) is 0 Å². The quantitative estimate of drug-likeness (QED) is 0.388. The maximum Gasteiger partial charge on any atom is 0.417 e. The van der Waals surface area contributed by atoms with Crippen LogP contribution in [0.2, 0.25) is 0 Å². The smallest absolute Gasteiger partial charge is 0.417 e. The molecule has 0 amide bonds. The predicted molar refractivity (Wildman–Crippen MR) is 100 cm³/mol. The largest absolute Gasteiger partial charge is 0.476 e. The first kappa shape index (κ1) is 21.5. The fourth-order valence-electron chi connectivity index (χ4n) is 2.18. The molecular weight excluding hydrogens is 373 g/mol. The average Bonchev–Trinajstić information content (AvgIpc) is 2.70. The number of alkyl halides is 3. The number of nitrogens with one attached hydrogen (secondary N) is 2. The maximum absolute atomic E-state index is 12.5. The number of hydrogen-bond donors (Lipinski definition) is 2. The second-order valence-electron chi connectivity index (χ2n) is 5.70. The Morgan fingerprint density at radius 3 is 2.36 bits per heavy atom. The lowest BCUT2D eigenvalue weighted by Crippen LogP contribution is -2.40. The average molecular weight is 396 g/mol. The zero-order chi connectivity index (χ0) is 20.2. The monoisotopic (exact) mass is 396 g/mol. The number of hydrogen-bond acceptors (Lipinski definition) is 4. The van der Waals surface area contributed by atoms with Gasteiger partial charge in [-0.25, -0.2) is 4.98 Å². The van der Waals surface area contributed by atoms with Gasteiger partial charge in [-0.15, -0.1) is 0 Å². The number of guanidine groups is 1. The highest BCUT2D eigenvalue weighted by atomic mass is 19.4. The summed E-state index contributed by atoms with van der Waals surface area (Å²) in [6, 6.07) is 12.0. The second kappa shape index (κ2) is 11.1. The molecule has 0 spiro atoms. The van der Waals surface area contributed by atoms with Crippen molar-refractivity contribution in [2.45, 2.75) is 12.8 Å². The Kier molecular flexibility index (Phi) is 8.54. The van der Waals surface area contributed by atoms with Gasteiger partial charge in [-0.2, -0.15) is 13.2 Å². The normalized spacial score (nSPS) is 11.9. The Morgan fingerprint density at radius 2 is 1.75 bits per heavy atom. The van der Waals surface area contributed by atoms with Crippen LogP contribution in [-0.2, 0) is 17.5 Å². The van der Waals surface area contributed by atoms with E-state index in [1.54, 1.807) is 7.05 Å². The number of aliphatic imine (C=N–C) groups is 1. The van der Waals surface area contributed by atoms with Gasteiger partial charge in [-0.3, -0.25) is 4.99 Å². The summed E-state index contributed by atoms with van der Waals surface area (Å²) < 4.78 is 48.3. The lowest BCUT2D eigenvalue weighted by Gasteiger charge is -2.13. The standard InChI is InChI=1S/C19H23F3N4O2/c1-23-18(24-9-11-27-14-15-5-3-2-4-6-15)25-10-12-28-17-8-7-16(13-26-17)19(20,21)22/h2-8,13H,9-12,14H2,1H3,(H2,23,24,25). The van der Waals surface area contributed by atoms with Crippen molar-refractivity contribution >= 4 is 5.96 Å². The van der Waals surface area contributed by atoms with Gasteiger partial charge >= 0.3 is 6.18 Å². The van der Waals surface area contributed by atoms with Gasteiger partial charge in [0.15, 0.2) is 5.96 Å². The van der Waals surface area contributed by atoms with Crippen LogP contribution in [0.3, 0.4) is 0 Å². The first-order valence-corrected chi connectivity index (χ1v) is 8.71. The molecule has 0 unspecified atom stereocenters. The molecule has 0 saturated heterocycles. The first-order chi connectivity index (χ1) is 13.5. The van der Waals surface area contributed by atoms with Crippen LogP contribution >= 0.6 is 0 Å². The molecule has 1 heterocycles. The van der Waals surface area contributed by atoms with Crippen molar-refractivity contribution in [3.63, 3.8) is 0 Å². The van der Waals surface area contributed by atoms with Gasteiger partial charge in [0.2, 0.25) is 5.88 Å². The molecule has 0 aliphatic heterocycles. The van der Waals surface area contributed by atoms with Crippen LogP contribution in [0.4, 0.5) is 13.2 Å². The molecule has 2 aromatic rings. The molecule has 0 fully saturated rings. The third kappa shape index (κ3) is 7.83. The Labute approximate surface area is 161 Å². The van der Waals surface area contributed by atoms with Crippen LogP contribution in [0.15, 0.2) is 53.7 Å². The van der Waals surface area contributed by atoms with Crippen LogP contribution < -0.4 is 15.4 Å². The molecule has 0 aliphatic carbocycles. The molecule has 9 heteroatoms. The highest BCUT2D eigenvalue weighted by Crippen LogP contribution is 2.29. The molecule has 28 heavy (non-hydrogen) atoms. The topological polar surface area (TPSA) is 67.8 Å². The Hall–Kier alpha value is -2.81. The molecule has 152 valence electrons. The van der Waals surface area contributed by atoms with E-state index in [4.69, 9.17) is 9.47 Å². The van der Waals surface area contributed by atoms with E-state index in [1.807, 2.05) is 30.3 Å². The number of pyridine rings is 1. The van der Waals surface area contributed by atoms with E-state index < -0.39 is 11.7 Å². The minimum Gasteiger partial charge on any atom is -0.476 e. The Balaban J connectivity index is 1.58. The summed E-state index contributed by atoms with van der Waals surface area (Å²) in [6.45, 7) is 2.27. The summed E-state index contributed by atoms with van der Waals surface area (Å²) in [5.41, 5.74) is 0.302. The van der Waals surface area contributed by atoms with E-state index in [9.17, 15) is 13.2 Å². The van der Waals surface area contributed by atoms with Crippen molar-refractivity contribution < 1.29 is 22.6 Å². The number of rotatable bonds is 9. The van der Waals surface area contributed by atoms with Gasteiger partial charge in [0, 0.05) is 25.9 Å². The van der Waals surface area contributed by atoms with E-state index in [0.717, 1.165) is 17.8 Å². The van der Waals surface area contributed by atoms with E-state index in [0.29, 0.717) is 32.3 Å². The molecule has 2 N–H and O–H groups in total. The summed E-state index contributed by atoms with van der Waals surface area (Å²) in [4.78, 5) is 7.71. The molecule has 0 radical (unpaired) electrons. The van der Waals surface area contributed by atoms with Crippen LogP contribution in [0.25, 0.3) is 0 Å². The highest BCUT2D eigenvalue weighted by Gasteiger charge is 2.30. The van der Waals surface area contributed by atoms with Crippen LogP contribution in [-0.4, -0.2) is 44.3 Å². The molecular formula is C19H23F3N4O2. The molecule has 2 rings (SSSR count). The second-order valence-corrected chi connectivity index (χ2v) is 5.70. The number of halogens is 3. The molecule has 6 nitrogen and oxygen atoms in total. The highest BCUT2D eigenvalue weighted by molar-refractivity contribution is 5.79. The van der Waals surface area contributed by atoms with E-state index >= 15 is 0 Å². The van der Waals surface area contributed by atoms with Gasteiger partial charge in [0.1, 0.15) is 6.61 Å². The van der Waals surface area contributed by atoms with Crippen LogP contribution in [0.1, 0.15) is 11.1 Å². The van der Waals surface area contributed by atoms with Gasteiger partial charge in [0.25, 0.3) is 0 Å². The van der Waals surface area contributed by atoms with E-state index in [-0.39, 0.29) is 12.5 Å². The lowest BCUT2D eigenvalue weighted by atomic mass is 10.2. The van der Waals surface area contributed by atoms with E-state index in [2.05, 4.69) is 20.6 Å². The van der Waals surface area contributed by atoms with Gasteiger partial charge in [0.05, 0.1) is 25.3 Å². The molecule has 0 saturated carbocycles. The zero-order valence-corrected chi connectivity index (χ0v) is 15.5. The van der Waals surface area contributed by atoms with Crippen molar-refractivity contribution in [2.75, 3.05) is 33.4 Å². The van der Waals surface area contributed by atoms with Gasteiger partial charge < -0.3 is 20.1 Å². The predicted octanol–water partition coefficient (Wildman–Crippen LogP) is 2.86. The maximum atomic E-state index is 12.5. The summed E-state index contributed by atoms with van der Waals surface area (Å²) in [5, 5.41) is 6.13. The minimum atomic E-state index is -4.41. The van der Waals surface area contributed by atoms with Crippen molar-refractivity contribution in [3.05, 3.63) is 59.8 Å². The molecule has 1 aromatic heterocycles. The third-order valence-corrected chi connectivity index (χ3v) is 3.58. The molecule has 1 aromatic carbocycles. The molecule has 0 atom stereocenters. The SMILES string of the molecule is CN=C(NCCOCc1ccccc1)NCCOc1ccc(C(F)(F)F)cn1. The van der Waals surface area contributed by atoms with Gasteiger partial charge in [-0.1, -0.05) is 30.3 Å². The zero-order valence-electron chi connectivity index (χ0n) is 15.5. The summed E-state index contributed by atoms with van der Waals surface area (Å²) in [7, 11) is 1.64. The summed E-state index contributed by atoms with van der Waals surface area (Å²) in [6.07, 6.45) is -3.66. The van der Waals surface area contributed by atoms with Crippen molar-refractivity contribution in [1.82, 2.24) is 15.6 Å². The Bertz CT molecular complexity index is 722. The molecule has 0 aliphatic rings. The van der Waals surface area contributed by atoms with Crippen LogP contribution in [0, 0.1) is 0 Å². The van der Waals surface area contributed by atoms with Crippen molar-refractivity contribution in [3.8, 4) is 5.88 Å². The molecule has 0 bridgehead atoms. The fraction of sp³-hybridized carbons (Fsp3) is 0.368. The number of benzene rings is 1. The first-order valence-electron chi connectivity index (χ1n) is 8.71. The number of nitrogens with zero attached hydrogens (tertiary/aromatic N) is 2. The number of aromatic nitrogens is 1. The number of ether oxygens (including phenoxy) is 2. The minimum absolute atomic E-state index is 0.132. The van der Waals surface area contributed by atoms with E-state index in [1.165, 1.54) is 6.07 Å². The van der Waals surface area contributed by atoms with Crippen molar-refractivity contribution in [2.24, 2.45) is 4.99 Å². The Morgan fingerprint density at radius 1 is 1.04 bits per heavy atom. The fourth-order valence-corrected chi connectivity index (χ4v) is 2.18. The van der Waals surface area contributed by atoms with Gasteiger partial charge in [-0.05, 0) is 11.6 Å².